The SMILES string of the molecule is CCOc1ccc2c(C#N)c(C3=CCC(NC(=O)NC(C)C)C=C3)n(CC3CC3)c2c1. The molecule has 1 saturated carbocycles. The number of aromatic nitrogens is 1. The molecular formula is C25H30N4O2. The smallest absolute Gasteiger partial charge is 0.315 e. The molecule has 2 aromatic rings. The van der Waals surface area contributed by atoms with Crippen molar-refractivity contribution in [3.8, 4) is 11.8 Å². The van der Waals surface area contributed by atoms with E-state index in [0.717, 1.165) is 34.5 Å². The van der Waals surface area contributed by atoms with E-state index in [9.17, 15) is 10.1 Å². The molecule has 2 amide bonds. The molecule has 0 saturated heterocycles. The number of nitrogens with one attached hydrogen (secondary N) is 2. The molecule has 4 rings (SSSR count). The molecule has 6 heteroatoms. The number of ether oxygens (including phenoxy) is 1. The van der Waals surface area contributed by atoms with Gasteiger partial charge in [-0.15, -0.1) is 0 Å². The Labute approximate surface area is 183 Å². The average Bonchev–Trinajstić information content (AvgIpc) is 3.50. The van der Waals surface area contributed by atoms with Crippen LogP contribution in [0.25, 0.3) is 16.5 Å². The maximum absolute atomic E-state index is 12.0. The van der Waals surface area contributed by atoms with Crippen LogP contribution in [0.5, 0.6) is 5.75 Å². The number of carbonyl (C=O) groups is 1. The fourth-order valence-corrected chi connectivity index (χ4v) is 4.12. The standard InChI is InChI=1S/C25H30N4O2/c1-4-31-20-11-12-21-22(14-26)24(29(23(21)13-20)15-17-5-6-17)18-7-9-19(10-8-18)28-25(30)27-16(2)3/h7-9,11-13,16-17,19H,4-6,10,15H2,1-3H3,(H2,27,28,30). The predicted octanol–water partition coefficient (Wildman–Crippen LogP) is 4.74. The highest BCUT2D eigenvalue weighted by Crippen LogP contribution is 2.39. The summed E-state index contributed by atoms with van der Waals surface area (Å²) in [6.45, 7) is 7.37. The van der Waals surface area contributed by atoms with Crippen molar-refractivity contribution < 1.29 is 9.53 Å². The van der Waals surface area contributed by atoms with E-state index in [2.05, 4.69) is 33.4 Å². The third kappa shape index (κ3) is 4.61. The first-order chi connectivity index (χ1) is 15.0. The van der Waals surface area contributed by atoms with Gasteiger partial charge in [0.25, 0.3) is 0 Å². The number of nitrogens with zero attached hydrogens (tertiary/aromatic N) is 2. The summed E-state index contributed by atoms with van der Waals surface area (Å²) in [5.41, 5.74) is 3.77. The van der Waals surface area contributed by atoms with Gasteiger partial charge < -0.3 is 19.9 Å². The van der Waals surface area contributed by atoms with Crippen molar-refractivity contribution in [1.82, 2.24) is 15.2 Å². The second-order valence-electron chi connectivity index (χ2n) is 8.63. The van der Waals surface area contributed by atoms with Gasteiger partial charge in [0.1, 0.15) is 11.8 Å². The highest BCUT2D eigenvalue weighted by Gasteiger charge is 2.27. The summed E-state index contributed by atoms with van der Waals surface area (Å²) in [6, 6.07) is 8.32. The van der Waals surface area contributed by atoms with Gasteiger partial charge in [-0.05, 0) is 63.7 Å². The Hall–Kier alpha value is -3.20. The number of rotatable bonds is 7. The zero-order valence-corrected chi connectivity index (χ0v) is 18.4. The van der Waals surface area contributed by atoms with Crippen molar-refractivity contribution in [1.29, 1.82) is 5.26 Å². The van der Waals surface area contributed by atoms with Crippen LogP contribution in [-0.4, -0.2) is 29.3 Å². The lowest BCUT2D eigenvalue weighted by Gasteiger charge is -2.20. The first-order valence-corrected chi connectivity index (χ1v) is 11.1. The van der Waals surface area contributed by atoms with Gasteiger partial charge in [0, 0.05) is 24.0 Å². The van der Waals surface area contributed by atoms with E-state index in [0.29, 0.717) is 24.5 Å². The van der Waals surface area contributed by atoms with Gasteiger partial charge in [0.05, 0.1) is 29.4 Å². The summed E-state index contributed by atoms with van der Waals surface area (Å²) >= 11 is 0. The van der Waals surface area contributed by atoms with Crippen LogP contribution in [-0.2, 0) is 6.54 Å². The maximum Gasteiger partial charge on any atom is 0.315 e. The summed E-state index contributed by atoms with van der Waals surface area (Å²) in [6.07, 6.45) is 9.34. The van der Waals surface area contributed by atoms with Crippen LogP contribution < -0.4 is 15.4 Å². The summed E-state index contributed by atoms with van der Waals surface area (Å²) in [7, 11) is 0. The summed E-state index contributed by atoms with van der Waals surface area (Å²) in [5, 5.41) is 16.8. The highest BCUT2D eigenvalue weighted by molar-refractivity contribution is 5.95. The lowest BCUT2D eigenvalue weighted by Crippen LogP contribution is -2.44. The van der Waals surface area contributed by atoms with Crippen LogP contribution >= 0.6 is 0 Å². The maximum atomic E-state index is 12.0. The topological polar surface area (TPSA) is 79.1 Å². The first-order valence-electron chi connectivity index (χ1n) is 11.1. The number of urea groups is 1. The van der Waals surface area contributed by atoms with E-state index < -0.39 is 0 Å². The molecule has 1 unspecified atom stereocenters. The molecule has 162 valence electrons. The molecule has 1 heterocycles. The number of hydrogen-bond donors (Lipinski definition) is 2. The highest BCUT2D eigenvalue weighted by atomic mass is 16.5. The minimum Gasteiger partial charge on any atom is -0.494 e. The normalized spacial score (nSPS) is 18.0. The molecule has 1 aromatic heterocycles. The molecule has 2 aliphatic carbocycles. The predicted molar refractivity (Wildman–Crippen MR) is 123 cm³/mol. The van der Waals surface area contributed by atoms with Gasteiger partial charge >= 0.3 is 6.03 Å². The van der Waals surface area contributed by atoms with Crippen LogP contribution in [0.3, 0.4) is 0 Å². The van der Waals surface area contributed by atoms with E-state index in [1.54, 1.807) is 0 Å². The Kier molecular flexibility index (Phi) is 6.03. The lowest BCUT2D eigenvalue weighted by atomic mass is 9.98. The Morgan fingerprint density at radius 2 is 2.16 bits per heavy atom. The number of nitriles is 1. The summed E-state index contributed by atoms with van der Waals surface area (Å²) in [5.74, 6) is 1.49. The van der Waals surface area contributed by atoms with E-state index >= 15 is 0 Å². The molecule has 1 aromatic carbocycles. The first kappa shape index (κ1) is 21.0. The van der Waals surface area contributed by atoms with Crippen molar-refractivity contribution in [3.63, 3.8) is 0 Å². The Balaban J connectivity index is 1.67. The summed E-state index contributed by atoms with van der Waals surface area (Å²) in [4.78, 5) is 12.0. The molecule has 0 bridgehead atoms. The monoisotopic (exact) mass is 418 g/mol. The van der Waals surface area contributed by atoms with Crippen LogP contribution in [0, 0.1) is 17.2 Å². The Bertz CT molecular complexity index is 1080. The van der Waals surface area contributed by atoms with Gasteiger partial charge in [-0.2, -0.15) is 5.26 Å². The van der Waals surface area contributed by atoms with Crippen molar-refractivity contribution in [2.45, 2.75) is 58.7 Å². The minimum absolute atomic E-state index is 0.0566. The average molecular weight is 419 g/mol. The van der Waals surface area contributed by atoms with Crippen LogP contribution in [0.4, 0.5) is 4.79 Å². The van der Waals surface area contributed by atoms with Gasteiger partial charge in [0.15, 0.2) is 0 Å². The molecule has 0 aliphatic heterocycles. The third-order valence-electron chi connectivity index (χ3n) is 5.71. The van der Waals surface area contributed by atoms with Crippen molar-refractivity contribution in [2.75, 3.05) is 6.61 Å². The Morgan fingerprint density at radius 3 is 2.77 bits per heavy atom. The number of hydrogen-bond acceptors (Lipinski definition) is 3. The van der Waals surface area contributed by atoms with Crippen molar-refractivity contribution in [3.05, 3.63) is 47.7 Å². The van der Waals surface area contributed by atoms with Crippen LogP contribution in [0.15, 0.2) is 36.4 Å². The van der Waals surface area contributed by atoms with Gasteiger partial charge in [-0.25, -0.2) is 4.79 Å². The van der Waals surface area contributed by atoms with Crippen LogP contribution in [0.1, 0.15) is 51.3 Å². The summed E-state index contributed by atoms with van der Waals surface area (Å²) < 4.78 is 8.02. The van der Waals surface area contributed by atoms with E-state index in [1.807, 2.05) is 45.1 Å². The van der Waals surface area contributed by atoms with Gasteiger partial charge in [-0.3, -0.25) is 0 Å². The molecule has 0 spiro atoms. The van der Waals surface area contributed by atoms with Gasteiger partial charge in [0.2, 0.25) is 0 Å². The molecule has 31 heavy (non-hydrogen) atoms. The van der Waals surface area contributed by atoms with Crippen LogP contribution in [0.2, 0.25) is 0 Å². The number of benzene rings is 1. The van der Waals surface area contributed by atoms with E-state index in [1.165, 1.54) is 12.8 Å². The van der Waals surface area contributed by atoms with E-state index in [-0.39, 0.29) is 18.1 Å². The Morgan fingerprint density at radius 1 is 1.35 bits per heavy atom. The lowest BCUT2D eigenvalue weighted by molar-refractivity contribution is 0.236. The number of allylic oxidation sites excluding steroid dienone is 2. The molecule has 1 atom stereocenters. The zero-order valence-electron chi connectivity index (χ0n) is 18.4. The number of fused-ring (bicyclic) bond motifs is 1. The largest absolute Gasteiger partial charge is 0.494 e. The minimum atomic E-state index is -0.162. The van der Waals surface area contributed by atoms with Crippen molar-refractivity contribution >= 4 is 22.5 Å². The second kappa shape index (κ2) is 8.89. The zero-order chi connectivity index (χ0) is 22.0. The third-order valence-corrected chi connectivity index (χ3v) is 5.71. The number of amides is 2. The fourth-order valence-electron chi connectivity index (χ4n) is 4.12. The quantitative estimate of drug-likeness (QED) is 0.682. The second-order valence-corrected chi connectivity index (χ2v) is 8.63. The molecule has 2 N–H and O–H groups in total. The molecule has 1 fully saturated rings. The number of carbonyl (C=O) groups excluding carboxylic acids is 1. The fraction of sp³-hybridized carbons (Fsp3) is 0.440. The van der Waals surface area contributed by atoms with Gasteiger partial charge in [-0.1, -0.05) is 18.2 Å². The van der Waals surface area contributed by atoms with Crippen molar-refractivity contribution in [2.24, 2.45) is 5.92 Å². The molecular weight excluding hydrogens is 388 g/mol. The molecule has 2 aliphatic rings. The molecule has 6 nitrogen and oxygen atoms in total. The molecule has 0 radical (unpaired) electrons. The van der Waals surface area contributed by atoms with E-state index in [4.69, 9.17) is 4.74 Å².